The van der Waals surface area contributed by atoms with Gasteiger partial charge in [-0.3, -0.25) is 14.2 Å². The molecule has 1 aliphatic heterocycles. The maximum atomic E-state index is 14.2. The zero-order valence-corrected chi connectivity index (χ0v) is 30.3. The Morgan fingerprint density at radius 2 is 1.77 bits per heavy atom. The minimum atomic E-state index is -0.717. The van der Waals surface area contributed by atoms with Crippen molar-refractivity contribution in [2.75, 3.05) is 12.4 Å². The van der Waals surface area contributed by atoms with E-state index in [1.807, 2.05) is 84.9 Å². The number of amides is 1. The summed E-state index contributed by atoms with van der Waals surface area (Å²) in [6.07, 6.45) is 1.85. The highest BCUT2D eigenvalue weighted by Crippen LogP contribution is 2.33. The third kappa shape index (κ3) is 7.04. The maximum absolute atomic E-state index is 14.2. The SMILES string of the molecule is COc1cccc([C@@H]2C(C(=O)Nc3ccccc3)=C(C)N=c3s/c(=C\c4cc(I)c(OCc5ccc(C#N)cc5)c(I)c4)c(=O)n32)c1. The smallest absolute Gasteiger partial charge is 0.271 e. The Bertz CT molecular complexity index is 2230. The molecule has 8 nitrogen and oxygen atoms in total. The number of hydrogen-bond donors (Lipinski definition) is 1. The van der Waals surface area contributed by atoms with Gasteiger partial charge in [-0.15, -0.1) is 0 Å². The van der Waals surface area contributed by atoms with Gasteiger partial charge in [0.2, 0.25) is 0 Å². The topological polar surface area (TPSA) is 106 Å². The Labute approximate surface area is 302 Å². The van der Waals surface area contributed by atoms with Crippen molar-refractivity contribution in [1.29, 1.82) is 5.26 Å². The summed E-state index contributed by atoms with van der Waals surface area (Å²) in [5.74, 6) is 1.03. The molecule has 0 saturated heterocycles. The van der Waals surface area contributed by atoms with Crippen molar-refractivity contribution >= 4 is 74.2 Å². The first-order valence-electron chi connectivity index (χ1n) is 14.4. The number of para-hydroxylation sites is 1. The van der Waals surface area contributed by atoms with E-state index in [1.165, 1.54) is 11.3 Å². The van der Waals surface area contributed by atoms with Crippen LogP contribution in [0.2, 0.25) is 0 Å². The molecule has 0 spiro atoms. The predicted octanol–water partition coefficient (Wildman–Crippen LogP) is 6.54. The number of halogens is 2. The van der Waals surface area contributed by atoms with Gasteiger partial charge < -0.3 is 14.8 Å². The number of rotatable bonds is 8. The molecular formula is C36H26I2N4O4S. The fourth-order valence-electron chi connectivity index (χ4n) is 5.24. The molecule has 6 rings (SSSR count). The molecule has 1 atom stereocenters. The van der Waals surface area contributed by atoms with Crippen molar-refractivity contribution in [3.8, 4) is 17.6 Å². The predicted molar refractivity (Wildman–Crippen MR) is 199 cm³/mol. The van der Waals surface area contributed by atoms with Gasteiger partial charge in [0.1, 0.15) is 18.1 Å². The molecule has 0 aliphatic carbocycles. The van der Waals surface area contributed by atoms with Gasteiger partial charge >= 0.3 is 0 Å². The number of ether oxygens (including phenoxy) is 2. The summed E-state index contributed by atoms with van der Waals surface area (Å²) in [4.78, 5) is 33.2. The van der Waals surface area contributed by atoms with Crippen LogP contribution in [0.25, 0.3) is 6.08 Å². The Kier molecular flexibility index (Phi) is 9.90. The lowest BCUT2D eigenvalue weighted by molar-refractivity contribution is -0.113. The number of nitrogens with one attached hydrogen (secondary N) is 1. The molecule has 1 aromatic heterocycles. The van der Waals surface area contributed by atoms with Crippen LogP contribution in [-0.4, -0.2) is 17.6 Å². The van der Waals surface area contributed by atoms with E-state index in [9.17, 15) is 9.59 Å². The van der Waals surface area contributed by atoms with Crippen molar-refractivity contribution < 1.29 is 14.3 Å². The molecule has 11 heteroatoms. The van der Waals surface area contributed by atoms with E-state index in [4.69, 9.17) is 19.7 Å². The number of methoxy groups -OCH3 is 1. The van der Waals surface area contributed by atoms with Gasteiger partial charge in [0.15, 0.2) is 4.80 Å². The third-order valence-corrected chi connectivity index (χ3v) is 10.1. The number of anilines is 1. The van der Waals surface area contributed by atoms with Crippen LogP contribution in [-0.2, 0) is 11.4 Å². The van der Waals surface area contributed by atoms with Gasteiger partial charge in [-0.25, -0.2) is 4.99 Å². The van der Waals surface area contributed by atoms with Crippen LogP contribution in [0.15, 0.2) is 112 Å². The van der Waals surface area contributed by atoms with E-state index in [1.54, 1.807) is 30.7 Å². The number of nitriles is 1. The van der Waals surface area contributed by atoms with Gasteiger partial charge in [0, 0.05) is 5.69 Å². The van der Waals surface area contributed by atoms with Crippen LogP contribution in [0.3, 0.4) is 0 Å². The summed E-state index contributed by atoms with van der Waals surface area (Å²) in [7, 11) is 1.58. The summed E-state index contributed by atoms with van der Waals surface area (Å²) in [6.45, 7) is 2.16. The average Bonchev–Trinajstić information content (AvgIpc) is 3.37. The molecule has 0 fully saturated rings. The van der Waals surface area contributed by atoms with E-state index < -0.39 is 6.04 Å². The van der Waals surface area contributed by atoms with E-state index in [0.717, 1.165) is 29.6 Å². The summed E-state index contributed by atoms with van der Waals surface area (Å²) in [5.41, 5.74) is 4.45. The largest absolute Gasteiger partial charge is 0.497 e. The highest BCUT2D eigenvalue weighted by Gasteiger charge is 2.32. The Morgan fingerprint density at radius 3 is 2.45 bits per heavy atom. The van der Waals surface area contributed by atoms with E-state index in [-0.39, 0.29) is 11.5 Å². The van der Waals surface area contributed by atoms with Crippen molar-refractivity contribution in [1.82, 2.24) is 4.57 Å². The summed E-state index contributed by atoms with van der Waals surface area (Å²) >= 11 is 5.76. The van der Waals surface area contributed by atoms with Gasteiger partial charge in [0.05, 0.1) is 47.7 Å². The van der Waals surface area contributed by atoms with Crippen LogP contribution >= 0.6 is 56.5 Å². The summed E-state index contributed by atoms with van der Waals surface area (Å²) in [5, 5.41) is 12.0. The lowest BCUT2D eigenvalue weighted by Crippen LogP contribution is -2.40. The molecule has 0 radical (unpaired) electrons. The molecule has 4 aromatic carbocycles. The number of allylic oxidation sites excluding steroid dienone is 1. The normalized spacial score (nSPS) is 14.2. The van der Waals surface area contributed by atoms with E-state index in [0.29, 0.717) is 44.2 Å². The second-order valence-electron chi connectivity index (χ2n) is 10.6. The Morgan fingerprint density at radius 1 is 1.04 bits per heavy atom. The number of benzene rings is 4. The molecular weight excluding hydrogens is 838 g/mol. The van der Waals surface area contributed by atoms with E-state index >= 15 is 0 Å². The van der Waals surface area contributed by atoms with Crippen LogP contribution in [0.1, 0.15) is 35.2 Å². The third-order valence-electron chi connectivity index (χ3n) is 7.49. The number of hydrogen-bond acceptors (Lipinski definition) is 7. The highest BCUT2D eigenvalue weighted by molar-refractivity contribution is 14.1. The number of carbonyl (C=O) groups excluding carboxylic acids is 1. The first-order valence-corrected chi connectivity index (χ1v) is 17.4. The molecule has 1 amide bonds. The van der Waals surface area contributed by atoms with Crippen LogP contribution in [0.5, 0.6) is 11.5 Å². The Balaban J connectivity index is 1.38. The van der Waals surface area contributed by atoms with E-state index in [2.05, 4.69) is 56.6 Å². The quantitative estimate of drug-likeness (QED) is 0.179. The number of carbonyl (C=O) groups is 1. The second-order valence-corrected chi connectivity index (χ2v) is 13.9. The van der Waals surface area contributed by atoms with Crippen molar-refractivity contribution in [3.05, 3.63) is 151 Å². The molecule has 47 heavy (non-hydrogen) atoms. The molecule has 1 N–H and O–H groups in total. The van der Waals surface area contributed by atoms with Crippen molar-refractivity contribution in [2.45, 2.75) is 19.6 Å². The molecule has 0 bridgehead atoms. The first kappa shape index (κ1) is 32.7. The molecule has 0 unspecified atom stereocenters. The zero-order valence-electron chi connectivity index (χ0n) is 25.2. The number of fused-ring (bicyclic) bond motifs is 1. The van der Waals surface area contributed by atoms with Crippen molar-refractivity contribution in [2.24, 2.45) is 4.99 Å². The summed E-state index contributed by atoms with van der Waals surface area (Å²) in [6, 6.07) is 29.3. The number of thiazole rings is 1. The maximum Gasteiger partial charge on any atom is 0.271 e. The monoisotopic (exact) mass is 864 g/mol. The fourth-order valence-corrected chi connectivity index (χ4v) is 8.42. The number of nitrogens with zero attached hydrogens (tertiary/aromatic N) is 3. The lowest BCUT2D eigenvalue weighted by Gasteiger charge is -2.25. The number of aromatic nitrogens is 1. The van der Waals surface area contributed by atoms with Gasteiger partial charge in [-0.2, -0.15) is 5.26 Å². The van der Waals surface area contributed by atoms with Gasteiger partial charge in [0.25, 0.3) is 11.5 Å². The minimum absolute atomic E-state index is 0.245. The second kappa shape index (κ2) is 14.2. The van der Waals surface area contributed by atoms with Crippen LogP contribution < -0.4 is 29.7 Å². The van der Waals surface area contributed by atoms with Gasteiger partial charge in [-0.1, -0.05) is 53.8 Å². The molecule has 5 aromatic rings. The standard InChI is InChI=1S/C36H26I2N4O4S/c1-21-31(34(43)41-26-8-4-3-5-9-26)32(25-7-6-10-27(18-25)45-2)42-35(44)30(47-36(42)40-21)17-24-15-28(37)33(29(38)16-24)46-20-23-13-11-22(19-39)12-14-23/h3-18,32H,20H2,1-2H3,(H,41,43)/b30-17-/t32-/m1/s1. The van der Waals surface area contributed by atoms with Crippen LogP contribution in [0.4, 0.5) is 5.69 Å². The van der Waals surface area contributed by atoms with Crippen LogP contribution in [0, 0.1) is 18.5 Å². The van der Waals surface area contributed by atoms with Gasteiger partial charge in [-0.05, 0) is 123 Å². The molecule has 234 valence electrons. The lowest BCUT2D eigenvalue weighted by atomic mass is 9.95. The molecule has 1 aliphatic rings. The fraction of sp³-hybridized carbons (Fsp3) is 0.111. The summed E-state index contributed by atoms with van der Waals surface area (Å²) < 4.78 is 15.5. The molecule has 2 heterocycles. The first-order chi connectivity index (χ1) is 22.7. The molecule has 0 saturated carbocycles. The Hall–Kier alpha value is -4.26. The highest BCUT2D eigenvalue weighted by atomic mass is 127. The average molecular weight is 865 g/mol. The minimum Gasteiger partial charge on any atom is -0.497 e. The van der Waals surface area contributed by atoms with Crippen molar-refractivity contribution in [3.63, 3.8) is 0 Å². The zero-order chi connectivity index (χ0) is 33.1.